The lowest BCUT2D eigenvalue weighted by molar-refractivity contribution is 0.0778. The highest BCUT2D eigenvalue weighted by Gasteiger charge is 2.31. The summed E-state index contributed by atoms with van der Waals surface area (Å²) in [5.74, 6) is 2.62. The van der Waals surface area contributed by atoms with Crippen molar-refractivity contribution in [3.05, 3.63) is 21.9 Å². The van der Waals surface area contributed by atoms with Crippen LogP contribution in [0.2, 0.25) is 0 Å². The zero-order valence-electron chi connectivity index (χ0n) is 14.1. The van der Waals surface area contributed by atoms with Gasteiger partial charge < -0.3 is 15.7 Å². The molecule has 2 rings (SSSR count). The van der Waals surface area contributed by atoms with E-state index in [1.54, 1.807) is 11.8 Å². The lowest BCUT2D eigenvalue weighted by Gasteiger charge is -2.21. The average molecular weight is 469 g/mol. The minimum Gasteiger partial charge on any atom is -0.387 e. The molecule has 23 heavy (non-hydrogen) atoms. The van der Waals surface area contributed by atoms with E-state index in [4.69, 9.17) is 0 Å². The van der Waals surface area contributed by atoms with Crippen LogP contribution in [0.15, 0.2) is 17.1 Å². The van der Waals surface area contributed by atoms with Crippen LogP contribution in [-0.4, -0.2) is 47.3 Å². The summed E-state index contributed by atoms with van der Waals surface area (Å²) < 4.78 is 0. The Kier molecular flexibility index (Phi) is 9.25. The van der Waals surface area contributed by atoms with Crippen LogP contribution in [0.3, 0.4) is 0 Å². The molecular formula is C16H28IN3OS2. The third-order valence-electron chi connectivity index (χ3n) is 3.64. The molecule has 1 saturated heterocycles. The highest BCUT2D eigenvalue weighted by atomic mass is 127. The van der Waals surface area contributed by atoms with Crippen LogP contribution in [0.25, 0.3) is 0 Å². The lowest BCUT2D eigenvalue weighted by Crippen LogP contribution is -2.44. The molecule has 2 heterocycles. The first-order valence-electron chi connectivity index (χ1n) is 7.91. The number of hydrogen-bond donors (Lipinski definition) is 3. The predicted octanol–water partition coefficient (Wildman–Crippen LogP) is 3.03. The summed E-state index contributed by atoms with van der Waals surface area (Å²) >= 11 is 3.65. The van der Waals surface area contributed by atoms with Gasteiger partial charge in [0.05, 0.1) is 12.1 Å². The van der Waals surface area contributed by atoms with E-state index in [0.29, 0.717) is 12.6 Å². The number of nitrogens with zero attached hydrogens (tertiary/aromatic N) is 1. The molecule has 1 aliphatic rings. The molecule has 0 saturated carbocycles. The monoisotopic (exact) mass is 469 g/mol. The molecule has 0 spiro atoms. The maximum absolute atomic E-state index is 10.4. The highest BCUT2D eigenvalue weighted by molar-refractivity contribution is 14.0. The molecule has 7 heteroatoms. The SMILES string of the molecule is CCNC(=NCC1(O)CCSC1)NC(C)Cc1ccc(C)s1.I. The number of hydrogen-bond acceptors (Lipinski definition) is 4. The molecule has 0 amide bonds. The molecule has 0 aliphatic carbocycles. The lowest BCUT2D eigenvalue weighted by atomic mass is 10.0. The molecule has 132 valence electrons. The van der Waals surface area contributed by atoms with Crippen molar-refractivity contribution in [3.63, 3.8) is 0 Å². The van der Waals surface area contributed by atoms with E-state index in [1.165, 1.54) is 9.75 Å². The second kappa shape index (κ2) is 10.1. The van der Waals surface area contributed by atoms with Crippen molar-refractivity contribution in [2.45, 2.75) is 45.3 Å². The zero-order chi connectivity index (χ0) is 16.0. The molecule has 3 N–H and O–H groups in total. The second-order valence-corrected chi connectivity index (χ2v) is 8.46. The van der Waals surface area contributed by atoms with E-state index in [-0.39, 0.29) is 24.0 Å². The molecule has 1 aliphatic heterocycles. The van der Waals surface area contributed by atoms with Crippen LogP contribution < -0.4 is 10.6 Å². The van der Waals surface area contributed by atoms with Gasteiger partial charge >= 0.3 is 0 Å². The number of thiophene rings is 1. The Bertz CT molecular complexity index is 501. The van der Waals surface area contributed by atoms with E-state index >= 15 is 0 Å². The van der Waals surface area contributed by atoms with Crippen LogP contribution in [-0.2, 0) is 6.42 Å². The van der Waals surface area contributed by atoms with Gasteiger partial charge in [0.1, 0.15) is 0 Å². The molecule has 1 aromatic heterocycles. The number of nitrogens with one attached hydrogen (secondary N) is 2. The molecule has 2 unspecified atom stereocenters. The second-order valence-electron chi connectivity index (χ2n) is 5.98. The highest BCUT2D eigenvalue weighted by Crippen LogP contribution is 2.27. The van der Waals surface area contributed by atoms with Crippen LogP contribution >= 0.6 is 47.1 Å². The van der Waals surface area contributed by atoms with Crippen molar-refractivity contribution in [1.29, 1.82) is 0 Å². The maximum atomic E-state index is 10.4. The number of halogens is 1. The number of thioether (sulfide) groups is 1. The maximum Gasteiger partial charge on any atom is 0.191 e. The van der Waals surface area contributed by atoms with Gasteiger partial charge in [-0.05, 0) is 45.1 Å². The Hall–Kier alpha value is 0.01000. The zero-order valence-corrected chi connectivity index (χ0v) is 18.1. The summed E-state index contributed by atoms with van der Waals surface area (Å²) in [4.78, 5) is 7.33. The molecule has 1 fully saturated rings. The normalized spacial score (nSPS) is 22.5. The third kappa shape index (κ3) is 7.19. The van der Waals surface area contributed by atoms with Crippen LogP contribution in [0, 0.1) is 6.92 Å². The Labute approximate surface area is 165 Å². The van der Waals surface area contributed by atoms with Gasteiger partial charge in [-0.25, -0.2) is 0 Å². The van der Waals surface area contributed by atoms with Gasteiger partial charge in [0.25, 0.3) is 0 Å². The Morgan fingerprint density at radius 1 is 1.48 bits per heavy atom. The van der Waals surface area contributed by atoms with Gasteiger partial charge in [-0.3, -0.25) is 4.99 Å². The molecule has 4 nitrogen and oxygen atoms in total. The number of guanidine groups is 1. The summed E-state index contributed by atoms with van der Waals surface area (Å²) in [6.45, 7) is 7.66. The van der Waals surface area contributed by atoms with Crippen molar-refractivity contribution < 1.29 is 5.11 Å². The number of aliphatic hydroxyl groups is 1. The molecule has 0 aromatic carbocycles. The fraction of sp³-hybridized carbons (Fsp3) is 0.688. The van der Waals surface area contributed by atoms with E-state index in [0.717, 1.165) is 36.9 Å². The van der Waals surface area contributed by atoms with Crippen molar-refractivity contribution in [3.8, 4) is 0 Å². The van der Waals surface area contributed by atoms with Crippen molar-refractivity contribution in [1.82, 2.24) is 10.6 Å². The quantitative estimate of drug-likeness (QED) is 0.341. The molecule has 0 radical (unpaired) electrons. The van der Waals surface area contributed by atoms with Crippen LogP contribution in [0.1, 0.15) is 30.0 Å². The summed E-state index contributed by atoms with van der Waals surface area (Å²) in [5.41, 5.74) is -0.624. The topological polar surface area (TPSA) is 56.7 Å². The van der Waals surface area contributed by atoms with Gasteiger partial charge in [0, 0.05) is 34.5 Å². The molecular weight excluding hydrogens is 441 g/mol. The summed E-state index contributed by atoms with van der Waals surface area (Å²) in [7, 11) is 0. The predicted molar refractivity (Wildman–Crippen MR) is 114 cm³/mol. The Balaban J connectivity index is 0.00000264. The van der Waals surface area contributed by atoms with Crippen molar-refractivity contribution >= 4 is 53.0 Å². The van der Waals surface area contributed by atoms with Crippen LogP contribution in [0.4, 0.5) is 0 Å². The van der Waals surface area contributed by atoms with Gasteiger partial charge in [0.15, 0.2) is 5.96 Å². The summed E-state index contributed by atoms with van der Waals surface area (Å²) in [6.07, 6.45) is 1.83. The smallest absolute Gasteiger partial charge is 0.191 e. The first-order chi connectivity index (χ1) is 10.5. The first kappa shape index (κ1) is 21.1. The minimum absolute atomic E-state index is 0. The van der Waals surface area contributed by atoms with Crippen molar-refractivity contribution in [2.75, 3.05) is 24.6 Å². The van der Waals surface area contributed by atoms with Gasteiger partial charge in [-0.1, -0.05) is 0 Å². The van der Waals surface area contributed by atoms with E-state index in [2.05, 4.69) is 48.5 Å². The van der Waals surface area contributed by atoms with Gasteiger partial charge in [0.2, 0.25) is 0 Å². The molecule has 1 aromatic rings. The van der Waals surface area contributed by atoms with E-state index in [1.807, 2.05) is 11.3 Å². The van der Waals surface area contributed by atoms with Gasteiger partial charge in [-0.2, -0.15) is 11.8 Å². The number of aliphatic imine (C=N–C) groups is 1. The largest absolute Gasteiger partial charge is 0.387 e. The van der Waals surface area contributed by atoms with Crippen LogP contribution in [0.5, 0.6) is 0 Å². The molecule has 0 bridgehead atoms. The summed E-state index contributed by atoms with van der Waals surface area (Å²) in [6, 6.07) is 4.67. The fourth-order valence-electron chi connectivity index (χ4n) is 2.45. The Morgan fingerprint density at radius 2 is 2.26 bits per heavy atom. The summed E-state index contributed by atoms with van der Waals surface area (Å²) in [5, 5.41) is 17.1. The third-order valence-corrected chi connectivity index (χ3v) is 5.90. The van der Waals surface area contributed by atoms with E-state index in [9.17, 15) is 5.11 Å². The number of aryl methyl sites for hydroxylation is 1. The number of rotatable bonds is 6. The van der Waals surface area contributed by atoms with Gasteiger partial charge in [-0.15, -0.1) is 35.3 Å². The molecule has 2 atom stereocenters. The standard InChI is InChI=1S/C16H27N3OS2.HI/c1-4-17-15(18-10-16(20)7-8-21-11-16)19-12(2)9-14-6-5-13(3)22-14;/h5-6,12,20H,4,7-11H2,1-3H3,(H2,17,18,19);1H. The first-order valence-corrected chi connectivity index (χ1v) is 9.88. The fourth-order valence-corrected chi connectivity index (χ4v) is 4.75. The average Bonchev–Trinajstić information content (AvgIpc) is 3.06. The Morgan fingerprint density at radius 3 is 2.83 bits per heavy atom. The van der Waals surface area contributed by atoms with Crippen molar-refractivity contribution in [2.24, 2.45) is 4.99 Å². The minimum atomic E-state index is -0.624. The van der Waals surface area contributed by atoms with E-state index < -0.39 is 5.60 Å².